The van der Waals surface area contributed by atoms with Crippen LogP contribution in [0.5, 0.6) is 0 Å². The lowest BCUT2D eigenvalue weighted by atomic mass is 10.3. The van der Waals surface area contributed by atoms with Crippen LogP contribution >= 0.6 is 27.5 Å². The summed E-state index contributed by atoms with van der Waals surface area (Å²) in [6, 6.07) is 3.79. The van der Waals surface area contributed by atoms with E-state index < -0.39 is 11.6 Å². The van der Waals surface area contributed by atoms with Gasteiger partial charge in [-0.1, -0.05) is 27.5 Å². The number of nitrogens with one attached hydrogen (secondary N) is 1. The third kappa shape index (κ3) is 2.91. The first-order valence-electron chi connectivity index (χ1n) is 5.99. The van der Waals surface area contributed by atoms with Crippen molar-refractivity contribution < 1.29 is 8.78 Å². The first-order chi connectivity index (χ1) is 9.52. The highest BCUT2D eigenvalue weighted by Crippen LogP contribution is 2.39. The fraction of sp³-hybridized carbons (Fsp3) is 0.231. The molecule has 0 amide bonds. The van der Waals surface area contributed by atoms with E-state index >= 15 is 0 Å². The van der Waals surface area contributed by atoms with Crippen LogP contribution in [0.25, 0.3) is 0 Å². The van der Waals surface area contributed by atoms with Gasteiger partial charge in [-0.3, -0.25) is 0 Å². The molecule has 1 aliphatic rings. The highest BCUT2D eigenvalue weighted by atomic mass is 79.9. The van der Waals surface area contributed by atoms with Crippen molar-refractivity contribution in [3.05, 3.63) is 45.3 Å². The molecule has 0 radical (unpaired) electrons. The number of benzene rings is 1. The van der Waals surface area contributed by atoms with Gasteiger partial charge in [0.25, 0.3) is 0 Å². The van der Waals surface area contributed by atoms with Crippen LogP contribution in [0.3, 0.4) is 0 Å². The summed E-state index contributed by atoms with van der Waals surface area (Å²) in [4.78, 5) is 8.36. The molecule has 1 saturated carbocycles. The van der Waals surface area contributed by atoms with Crippen LogP contribution in [-0.4, -0.2) is 9.97 Å². The van der Waals surface area contributed by atoms with Crippen molar-refractivity contribution in [3.8, 4) is 0 Å². The van der Waals surface area contributed by atoms with Crippen molar-refractivity contribution in [2.45, 2.75) is 18.8 Å². The van der Waals surface area contributed by atoms with E-state index in [0.717, 1.165) is 12.8 Å². The molecular weight excluding hydrogens is 352 g/mol. The summed E-state index contributed by atoms with van der Waals surface area (Å²) >= 11 is 8.94. The maximum Gasteiger partial charge on any atom is 0.150 e. The third-order valence-corrected chi connectivity index (χ3v) is 3.57. The summed E-state index contributed by atoms with van der Waals surface area (Å²) in [6.45, 7) is 0. The average molecular weight is 361 g/mol. The number of halogens is 4. The number of rotatable bonds is 3. The molecule has 7 heteroatoms. The van der Waals surface area contributed by atoms with Gasteiger partial charge in [0.2, 0.25) is 0 Å². The van der Waals surface area contributed by atoms with Gasteiger partial charge in [-0.15, -0.1) is 0 Å². The Kier molecular flexibility index (Phi) is 3.60. The van der Waals surface area contributed by atoms with E-state index in [1.165, 1.54) is 18.2 Å². The topological polar surface area (TPSA) is 37.8 Å². The fourth-order valence-electron chi connectivity index (χ4n) is 1.81. The van der Waals surface area contributed by atoms with Gasteiger partial charge in [-0.2, -0.15) is 0 Å². The van der Waals surface area contributed by atoms with Crippen molar-refractivity contribution in [2.24, 2.45) is 0 Å². The Balaban J connectivity index is 1.95. The summed E-state index contributed by atoms with van der Waals surface area (Å²) in [5.41, 5.74) is -0.260. The van der Waals surface area contributed by atoms with Gasteiger partial charge in [0.1, 0.15) is 22.5 Å². The zero-order valence-corrected chi connectivity index (χ0v) is 12.5. The summed E-state index contributed by atoms with van der Waals surface area (Å²) in [6.07, 6.45) is 2.03. The lowest BCUT2D eigenvalue weighted by molar-refractivity contribution is 0.589. The van der Waals surface area contributed by atoms with Crippen molar-refractivity contribution in [3.63, 3.8) is 0 Å². The Morgan fingerprint density at radius 2 is 1.80 bits per heavy atom. The molecule has 1 heterocycles. The molecule has 1 aromatic heterocycles. The van der Waals surface area contributed by atoms with E-state index in [2.05, 4.69) is 31.2 Å². The number of nitrogens with zero attached hydrogens (tertiary/aromatic N) is 2. The molecule has 0 atom stereocenters. The highest BCUT2D eigenvalue weighted by molar-refractivity contribution is 9.10. The molecule has 1 N–H and O–H groups in total. The van der Waals surface area contributed by atoms with Crippen LogP contribution in [0, 0.1) is 11.6 Å². The van der Waals surface area contributed by atoms with Crippen molar-refractivity contribution in [2.75, 3.05) is 5.32 Å². The zero-order chi connectivity index (χ0) is 14.3. The minimum atomic E-state index is -0.709. The molecule has 0 saturated heterocycles. The van der Waals surface area contributed by atoms with Crippen LogP contribution in [-0.2, 0) is 0 Å². The van der Waals surface area contributed by atoms with E-state index in [-0.39, 0.29) is 16.7 Å². The van der Waals surface area contributed by atoms with E-state index in [9.17, 15) is 8.78 Å². The molecular formula is C13H9BrClF2N3. The molecule has 0 unspecified atom stereocenters. The Bertz CT molecular complexity index is 654. The fourth-order valence-corrected chi connectivity index (χ4v) is 2.40. The van der Waals surface area contributed by atoms with E-state index in [1.807, 2.05) is 0 Å². The van der Waals surface area contributed by atoms with Gasteiger partial charge in [0.15, 0.2) is 11.6 Å². The molecule has 3 nitrogen and oxygen atoms in total. The van der Waals surface area contributed by atoms with E-state index in [4.69, 9.17) is 11.6 Å². The summed E-state index contributed by atoms with van der Waals surface area (Å²) in [7, 11) is 0. The standard InChI is InChI=1S/C13H9BrClF2N3/c14-7-3-8(16)12(9(17)4-7)19-11-5-10(15)18-13(20-11)6-1-2-6/h3-6H,1-2H2,(H,18,19,20). The molecule has 1 aliphatic carbocycles. The predicted molar refractivity (Wildman–Crippen MR) is 76.4 cm³/mol. The molecule has 2 aromatic rings. The maximum absolute atomic E-state index is 13.8. The number of aromatic nitrogens is 2. The zero-order valence-electron chi connectivity index (χ0n) is 10.1. The predicted octanol–water partition coefficient (Wildman–Crippen LogP) is 4.79. The van der Waals surface area contributed by atoms with E-state index in [1.54, 1.807) is 0 Å². The van der Waals surface area contributed by atoms with Gasteiger partial charge in [-0.05, 0) is 25.0 Å². The maximum atomic E-state index is 13.8. The van der Waals surface area contributed by atoms with Crippen LogP contribution in [0.1, 0.15) is 24.6 Å². The Morgan fingerprint density at radius 3 is 2.40 bits per heavy atom. The minimum Gasteiger partial charge on any atom is -0.335 e. The van der Waals surface area contributed by atoms with Gasteiger partial charge in [0, 0.05) is 16.5 Å². The van der Waals surface area contributed by atoms with Crippen LogP contribution in [0.4, 0.5) is 20.3 Å². The summed E-state index contributed by atoms with van der Waals surface area (Å²) < 4.78 is 27.9. The van der Waals surface area contributed by atoms with Crippen LogP contribution < -0.4 is 5.32 Å². The molecule has 0 bridgehead atoms. The first-order valence-corrected chi connectivity index (χ1v) is 7.16. The van der Waals surface area contributed by atoms with Gasteiger partial charge >= 0.3 is 0 Å². The molecule has 104 valence electrons. The van der Waals surface area contributed by atoms with Crippen LogP contribution in [0.15, 0.2) is 22.7 Å². The number of hydrogen-bond acceptors (Lipinski definition) is 3. The molecule has 3 rings (SSSR count). The van der Waals surface area contributed by atoms with Crippen molar-refractivity contribution in [1.82, 2.24) is 9.97 Å². The minimum absolute atomic E-state index is 0.252. The Labute approximate surface area is 127 Å². The second-order valence-corrected chi connectivity index (χ2v) is 5.88. The number of anilines is 2. The Hall–Kier alpha value is -1.27. The lowest BCUT2D eigenvalue weighted by Crippen LogP contribution is -2.03. The van der Waals surface area contributed by atoms with E-state index in [0.29, 0.717) is 16.2 Å². The quantitative estimate of drug-likeness (QED) is 0.800. The van der Waals surface area contributed by atoms with Crippen molar-refractivity contribution >= 4 is 39.0 Å². The summed E-state index contributed by atoms with van der Waals surface area (Å²) in [5, 5.41) is 2.88. The number of hydrogen-bond donors (Lipinski definition) is 1. The monoisotopic (exact) mass is 359 g/mol. The van der Waals surface area contributed by atoms with Crippen molar-refractivity contribution in [1.29, 1.82) is 0 Å². The van der Waals surface area contributed by atoms with Gasteiger partial charge < -0.3 is 5.32 Å². The highest BCUT2D eigenvalue weighted by Gasteiger charge is 2.27. The SMILES string of the molecule is Fc1cc(Br)cc(F)c1Nc1cc(Cl)nc(C2CC2)n1. The molecule has 0 spiro atoms. The lowest BCUT2D eigenvalue weighted by Gasteiger charge is -2.10. The molecule has 1 fully saturated rings. The normalized spacial score (nSPS) is 14.4. The van der Waals surface area contributed by atoms with Crippen LogP contribution in [0.2, 0.25) is 5.15 Å². The second-order valence-electron chi connectivity index (χ2n) is 4.58. The smallest absolute Gasteiger partial charge is 0.150 e. The largest absolute Gasteiger partial charge is 0.335 e. The second kappa shape index (κ2) is 5.26. The third-order valence-electron chi connectivity index (χ3n) is 2.91. The average Bonchev–Trinajstić information content (AvgIpc) is 3.17. The van der Waals surface area contributed by atoms with Gasteiger partial charge in [-0.25, -0.2) is 18.7 Å². The van der Waals surface area contributed by atoms with Gasteiger partial charge in [0.05, 0.1) is 0 Å². The first kappa shape index (κ1) is 13.7. The molecule has 1 aromatic carbocycles. The summed E-state index contributed by atoms with van der Waals surface area (Å²) in [5.74, 6) is -0.224. The molecule has 20 heavy (non-hydrogen) atoms. The molecule has 0 aliphatic heterocycles. The Morgan fingerprint density at radius 1 is 1.15 bits per heavy atom.